The Hall–Kier alpha value is -0.120. The first-order valence-corrected chi connectivity index (χ1v) is 6.53. The number of rotatable bonds is 5. The molecule has 1 aromatic heterocycles. The van der Waals surface area contributed by atoms with E-state index in [0.29, 0.717) is 5.88 Å². The third-order valence-electron chi connectivity index (χ3n) is 2.51. The zero-order chi connectivity index (χ0) is 11.5. The molecule has 2 nitrogen and oxygen atoms in total. The molecule has 1 aromatic rings. The van der Waals surface area contributed by atoms with Gasteiger partial charge in [0.25, 0.3) is 0 Å². The Morgan fingerprint density at radius 3 is 2.53 bits per heavy atom. The predicted molar refractivity (Wildman–Crippen MR) is 67.8 cm³/mol. The summed E-state index contributed by atoms with van der Waals surface area (Å²) in [5.41, 5.74) is 1.24. The largest absolute Gasteiger partial charge is 0.305 e. The highest BCUT2D eigenvalue weighted by atomic mass is 35.5. The number of aryl methyl sites for hydroxylation is 2. The van der Waals surface area contributed by atoms with E-state index in [2.05, 4.69) is 38.0 Å². The molecule has 1 rings (SSSR count). The number of aromatic nitrogens is 1. The summed E-state index contributed by atoms with van der Waals surface area (Å²) < 4.78 is 0. The molecule has 0 spiro atoms. The van der Waals surface area contributed by atoms with Gasteiger partial charge in [0.1, 0.15) is 5.01 Å². The van der Waals surface area contributed by atoms with Crippen molar-refractivity contribution >= 4 is 22.9 Å². The van der Waals surface area contributed by atoms with Gasteiger partial charge in [0.15, 0.2) is 0 Å². The predicted octanol–water partition coefficient (Wildman–Crippen LogP) is 3.26. The summed E-state index contributed by atoms with van der Waals surface area (Å²) in [4.78, 5) is 5.80. The van der Waals surface area contributed by atoms with Gasteiger partial charge in [-0.3, -0.25) is 0 Å². The lowest BCUT2D eigenvalue weighted by molar-refractivity contribution is 0.376. The van der Waals surface area contributed by atoms with Gasteiger partial charge < -0.3 is 5.32 Å². The fourth-order valence-electron chi connectivity index (χ4n) is 1.25. The van der Waals surface area contributed by atoms with Gasteiger partial charge in [0.2, 0.25) is 0 Å². The Morgan fingerprint density at radius 2 is 2.07 bits per heavy atom. The van der Waals surface area contributed by atoms with Crippen molar-refractivity contribution in [3.63, 3.8) is 0 Å². The standard InChI is InChI=1S/C11H19ClN2S/c1-8-9(2)15-10(14-8)7-13-11(3,4)5-6-12/h13H,5-7H2,1-4H3. The summed E-state index contributed by atoms with van der Waals surface area (Å²) in [6, 6.07) is 0. The molecule has 0 radical (unpaired) electrons. The van der Waals surface area contributed by atoms with Crippen LogP contribution in [0.4, 0.5) is 0 Å². The zero-order valence-electron chi connectivity index (χ0n) is 9.85. The van der Waals surface area contributed by atoms with E-state index in [0.717, 1.165) is 23.7 Å². The van der Waals surface area contributed by atoms with E-state index in [-0.39, 0.29) is 5.54 Å². The lowest BCUT2D eigenvalue weighted by atomic mass is 10.0. The van der Waals surface area contributed by atoms with Crippen LogP contribution < -0.4 is 5.32 Å². The lowest BCUT2D eigenvalue weighted by Gasteiger charge is -2.24. The molecule has 0 unspecified atom stereocenters. The fraction of sp³-hybridized carbons (Fsp3) is 0.727. The van der Waals surface area contributed by atoms with Gasteiger partial charge in [-0.1, -0.05) is 0 Å². The van der Waals surface area contributed by atoms with Gasteiger partial charge in [-0.25, -0.2) is 4.98 Å². The van der Waals surface area contributed by atoms with Crippen molar-refractivity contribution in [1.29, 1.82) is 0 Å². The third-order valence-corrected chi connectivity index (χ3v) is 3.77. The zero-order valence-corrected chi connectivity index (χ0v) is 11.4. The van der Waals surface area contributed by atoms with Crippen LogP contribution in [-0.4, -0.2) is 16.4 Å². The van der Waals surface area contributed by atoms with Crippen LogP contribution in [0.5, 0.6) is 0 Å². The number of nitrogens with one attached hydrogen (secondary N) is 1. The van der Waals surface area contributed by atoms with Crippen molar-refractivity contribution in [3.8, 4) is 0 Å². The van der Waals surface area contributed by atoms with Gasteiger partial charge in [0, 0.05) is 22.8 Å². The molecule has 0 aliphatic carbocycles. The highest BCUT2D eigenvalue weighted by molar-refractivity contribution is 7.11. The maximum Gasteiger partial charge on any atom is 0.107 e. The van der Waals surface area contributed by atoms with E-state index in [4.69, 9.17) is 11.6 Å². The minimum Gasteiger partial charge on any atom is -0.305 e. The molecule has 4 heteroatoms. The van der Waals surface area contributed by atoms with E-state index in [1.165, 1.54) is 4.88 Å². The summed E-state index contributed by atoms with van der Waals surface area (Å²) in [7, 11) is 0. The van der Waals surface area contributed by atoms with Crippen molar-refractivity contribution in [1.82, 2.24) is 10.3 Å². The summed E-state index contributed by atoms with van der Waals surface area (Å²) >= 11 is 7.51. The molecule has 0 atom stereocenters. The summed E-state index contributed by atoms with van der Waals surface area (Å²) in [6.45, 7) is 9.34. The molecule has 0 aliphatic heterocycles. The molecular formula is C11H19ClN2S. The number of nitrogens with zero attached hydrogens (tertiary/aromatic N) is 1. The SMILES string of the molecule is Cc1nc(CNC(C)(C)CCCl)sc1C. The monoisotopic (exact) mass is 246 g/mol. The Morgan fingerprint density at radius 1 is 1.40 bits per heavy atom. The second-order valence-corrected chi connectivity index (χ2v) is 6.09. The Labute approximate surface area is 101 Å². The van der Waals surface area contributed by atoms with Crippen LogP contribution in [0.1, 0.15) is 35.8 Å². The van der Waals surface area contributed by atoms with Crippen molar-refractivity contribution in [2.75, 3.05) is 5.88 Å². The summed E-state index contributed by atoms with van der Waals surface area (Å²) in [5, 5.41) is 4.64. The molecule has 0 amide bonds. The van der Waals surface area contributed by atoms with Gasteiger partial charge in [-0.2, -0.15) is 0 Å². The van der Waals surface area contributed by atoms with Crippen molar-refractivity contribution < 1.29 is 0 Å². The Kier molecular flexibility index (Phi) is 4.56. The molecule has 0 fully saturated rings. The van der Waals surface area contributed by atoms with E-state index in [1.54, 1.807) is 11.3 Å². The number of halogens is 1. The minimum atomic E-state index is 0.0925. The average molecular weight is 247 g/mol. The van der Waals surface area contributed by atoms with Crippen LogP contribution in [0.3, 0.4) is 0 Å². The molecule has 0 saturated heterocycles. The second kappa shape index (κ2) is 5.28. The lowest BCUT2D eigenvalue weighted by Crippen LogP contribution is -2.39. The normalized spacial score (nSPS) is 12.1. The first-order chi connectivity index (χ1) is 6.94. The van der Waals surface area contributed by atoms with E-state index in [9.17, 15) is 0 Å². The number of hydrogen-bond acceptors (Lipinski definition) is 3. The molecule has 0 saturated carbocycles. The van der Waals surface area contributed by atoms with Gasteiger partial charge in [-0.05, 0) is 34.1 Å². The topological polar surface area (TPSA) is 24.9 Å². The quantitative estimate of drug-likeness (QED) is 0.807. The van der Waals surface area contributed by atoms with Crippen LogP contribution >= 0.6 is 22.9 Å². The summed E-state index contributed by atoms with van der Waals surface area (Å²) in [5.74, 6) is 0.690. The van der Waals surface area contributed by atoms with Crippen molar-refractivity contribution in [3.05, 3.63) is 15.6 Å². The van der Waals surface area contributed by atoms with Crippen LogP contribution in [-0.2, 0) is 6.54 Å². The molecule has 1 heterocycles. The molecule has 1 N–H and O–H groups in total. The molecule has 0 aromatic carbocycles. The second-order valence-electron chi connectivity index (χ2n) is 4.43. The number of thiazole rings is 1. The highest BCUT2D eigenvalue weighted by Gasteiger charge is 2.16. The molecule has 86 valence electrons. The Bertz CT molecular complexity index is 301. The van der Waals surface area contributed by atoms with Gasteiger partial charge in [-0.15, -0.1) is 22.9 Å². The molecule has 0 bridgehead atoms. The highest BCUT2D eigenvalue weighted by Crippen LogP contribution is 2.17. The smallest absolute Gasteiger partial charge is 0.107 e. The van der Waals surface area contributed by atoms with Gasteiger partial charge in [0.05, 0.1) is 5.69 Å². The molecule has 15 heavy (non-hydrogen) atoms. The molecule has 0 aliphatic rings. The summed E-state index contributed by atoms with van der Waals surface area (Å²) in [6.07, 6.45) is 0.970. The first kappa shape index (κ1) is 12.9. The third kappa shape index (κ3) is 4.09. The number of hydrogen-bond donors (Lipinski definition) is 1. The molecular weight excluding hydrogens is 228 g/mol. The van der Waals surface area contributed by atoms with Crippen LogP contribution in [0, 0.1) is 13.8 Å². The van der Waals surface area contributed by atoms with Crippen LogP contribution in [0.2, 0.25) is 0 Å². The maximum absolute atomic E-state index is 5.74. The van der Waals surface area contributed by atoms with E-state index in [1.807, 2.05) is 0 Å². The number of alkyl halides is 1. The minimum absolute atomic E-state index is 0.0925. The van der Waals surface area contributed by atoms with Crippen LogP contribution in [0.15, 0.2) is 0 Å². The fourth-order valence-corrected chi connectivity index (χ4v) is 2.60. The van der Waals surface area contributed by atoms with Crippen molar-refractivity contribution in [2.45, 2.75) is 46.2 Å². The average Bonchev–Trinajstić information content (AvgIpc) is 2.44. The van der Waals surface area contributed by atoms with Crippen molar-refractivity contribution in [2.24, 2.45) is 0 Å². The Balaban J connectivity index is 2.49. The van der Waals surface area contributed by atoms with Crippen LogP contribution in [0.25, 0.3) is 0 Å². The first-order valence-electron chi connectivity index (χ1n) is 5.18. The van der Waals surface area contributed by atoms with Gasteiger partial charge >= 0.3 is 0 Å². The maximum atomic E-state index is 5.74. The van der Waals surface area contributed by atoms with E-state index >= 15 is 0 Å². The van der Waals surface area contributed by atoms with E-state index < -0.39 is 0 Å².